The second kappa shape index (κ2) is 9.13. The van der Waals surface area contributed by atoms with Gasteiger partial charge in [-0.2, -0.15) is 0 Å². The summed E-state index contributed by atoms with van der Waals surface area (Å²) in [6.45, 7) is 5.42. The Balaban J connectivity index is 1.47. The van der Waals surface area contributed by atoms with Gasteiger partial charge in [-0.3, -0.25) is 4.79 Å². The summed E-state index contributed by atoms with van der Waals surface area (Å²) in [5.74, 6) is 1.67. The normalized spacial score (nSPS) is 12.1. The molecule has 2 heterocycles. The quantitative estimate of drug-likeness (QED) is 0.391. The SMILES string of the molecule is Cc1ccc(OCCCn2c(C(C)NC(=O)c3cccs3)nc3ccccc32)cc1. The zero-order valence-electron chi connectivity index (χ0n) is 17.2. The Morgan fingerprint density at radius 1 is 1.13 bits per heavy atom. The third kappa shape index (κ3) is 4.54. The highest BCUT2D eigenvalue weighted by atomic mass is 32.1. The fraction of sp³-hybridized carbons (Fsp3) is 0.250. The largest absolute Gasteiger partial charge is 0.494 e. The molecule has 154 valence electrons. The zero-order chi connectivity index (χ0) is 20.9. The van der Waals surface area contributed by atoms with E-state index in [1.807, 2.05) is 54.8 Å². The minimum atomic E-state index is -0.204. The maximum Gasteiger partial charge on any atom is 0.261 e. The van der Waals surface area contributed by atoms with Crippen LogP contribution in [-0.4, -0.2) is 22.1 Å². The van der Waals surface area contributed by atoms with E-state index in [9.17, 15) is 4.79 Å². The first-order valence-corrected chi connectivity index (χ1v) is 11.0. The summed E-state index contributed by atoms with van der Waals surface area (Å²) >= 11 is 1.44. The first-order valence-electron chi connectivity index (χ1n) is 10.1. The Labute approximate surface area is 180 Å². The number of para-hydroxylation sites is 2. The number of fused-ring (bicyclic) bond motifs is 1. The number of hydrogen-bond acceptors (Lipinski definition) is 4. The number of aromatic nitrogens is 2. The first kappa shape index (κ1) is 20.2. The predicted molar refractivity (Wildman–Crippen MR) is 121 cm³/mol. The fourth-order valence-corrected chi connectivity index (χ4v) is 4.07. The number of carbonyl (C=O) groups excluding carboxylic acids is 1. The molecule has 2 aromatic carbocycles. The van der Waals surface area contributed by atoms with Gasteiger partial charge in [-0.15, -0.1) is 11.3 Å². The standard InChI is InChI=1S/C24H25N3O2S/c1-17-10-12-19(13-11-17)29-15-6-14-27-21-8-4-3-7-20(21)26-23(27)18(2)25-24(28)22-9-5-16-30-22/h3-5,7-13,16,18H,6,14-15H2,1-2H3,(H,25,28). The second-order valence-electron chi connectivity index (χ2n) is 7.30. The highest BCUT2D eigenvalue weighted by molar-refractivity contribution is 7.12. The molecule has 0 aliphatic heterocycles. The molecule has 4 rings (SSSR count). The Hall–Kier alpha value is -3.12. The molecule has 0 saturated carbocycles. The smallest absolute Gasteiger partial charge is 0.261 e. The molecule has 0 spiro atoms. The number of nitrogens with zero attached hydrogens (tertiary/aromatic N) is 2. The molecule has 0 radical (unpaired) electrons. The fourth-order valence-electron chi connectivity index (χ4n) is 3.45. The summed E-state index contributed by atoms with van der Waals surface area (Å²) in [6.07, 6.45) is 0.840. The first-order chi connectivity index (χ1) is 14.6. The molecule has 0 aliphatic rings. The molecule has 1 unspecified atom stereocenters. The molecule has 30 heavy (non-hydrogen) atoms. The Bertz CT molecular complexity index is 1120. The Kier molecular flexibility index (Phi) is 6.14. The summed E-state index contributed by atoms with van der Waals surface area (Å²) < 4.78 is 8.07. The van der Waals surface area contributed by atoms with E-state index in [0.29, 0.717) is 11.5 Å². The topological polar surface area (TPSA) is 56.1 Å². The van der Waals surface area contributed by atoms with E-state index in [2.05, 4.69) is 35.0 Å². The van der Waals surface area contributed by atoms with Crippen LogP contribution in [0.4, 0.5) is 0 Å². The lowest BCUT2D eigenvalue weighted by atomic mass is 10.2. The lowest BCUT2D eigenvalue weighted by Gasteiger charge is -2.16. The van der Waals surface area contributed by atoms with Crippen molar-refractivity contribution in [2.75, 3.05) is 6.61 Å². The summed E-state index contributed by atoms with van der Waals surface area (Å²) in [6, 6.07) is 19.7. The van der Waals surface area contributed by atoms with E-state index in [-0.39, 0.29) is 11.9 Å². The van der Waals surface area contributed by atoms with Crippen molar-refractivity contribution in [3.05, 3.63) is 82.3 Å². The molecule has 6 heteroatoms. The molecular formula is C24H25N3O2S. The minimum absolute atomic E-state index is 0.0705. The van der Waals surface area contributed by atoms with Crippen molar-refractivity contribution < 1.29 is 9.53 Å². The van der Waals surface area contributed by atoms with Crippen LogP contribution in [0, 0.1) is 6.92 Å². The van der Waals surface area contributed by atoms with Crippen LogP contribution in [0.5, 0.6) is 5.75 Å². The van der Waals surface area contributed by atoms with E-state index >= 15 is 0 Å². The highest BCUT2D eigenvalue weighted by Gasteiger charge is 2.19. The van der Waals surface area contributed by atoms with Crippen LogP contribution in [0.15, 0.2) is 66.0 Å². The number of thiophene rings is 1. The molecule has 4 aromatic rings. The molecule has 0 fully saturated rings. The predicted octanol–water partition coefficient (Wildman–Crippen LogP) is 5.37. The van der Waals surface area contributed by atoms with E-state index in [1.165, 1.54) is 16.9 Å². The monoisotopic (exact) mass is 419 g/mol. The average molecular weight is 420 g/mol. The summed E-state index contributed by atoms with van der Waals surface area (Å²) in [5.41, 5.74) is 3.22. The number of aryl methyl sites for hydroxylation is 2. The van der Waals surface area contributed by atoms with E-state index in [0.717, 1.165) is 35.6 Å². The van der Waals surface area contributed by atoms with E-state index in [4.69, 9.17) is 9.72 Å². The summed E-state index contributed by atoms with van der Waals surface area (Å²) in [4.78, 5) is 18.0. The van der Waals surface area contributed by atoms with Gasteiger partial charge in [0, 0.05) is 6.54 Å². The third-order valence-corrected chi connectivity index (χ3v) is 5.85. The molecule has 0 saturated heterocycles. The Morgan fingerprint density at radius 3 is 2.70 bits per heavy atom. The maximum absolute atomic E-state index is 12.5. The van der Waals surface area contributed by atoms with Gasteiger partial charge in [0.05, 0.1) is 28.6 Å². The van der Waals surface area contributed by atoms with Crippen LogP contribution < -0.4 is 10.1 Å². The Morgan fingerprint density at radius 2 is 1.93 bits per heavy atom. The van der Waals surface area contributed by atoms with Gasteiger partial charge in [0.25, 0.3) is 5.91 Å². The van der Waals surface area contributed by atoms with Crippen molar-refractivity contribution in [2.45, 2.75) is 32.9 Å². The lowest BCUT2D eigenvalue weighted by molar-refractivity contribution is 0.0941. The number of rotatable bonds is 8. The van der Waals surface area contributed by atoms with Crippen molar-refractivity contribution in [3.63, 3.8) is 0 Å². The van der Waals surface area contributed by atoms with Gasteiger partial charge in [0.1, 0.15) is 11.6 Å². The van der Waals surface area contributed by atoms with Crippen LogP contribution in [0.1, 0.15) is 40.4 Å². The molecule has 1 amide bonds. The molecule has 1 atom stereocenters. The van der Waals surface area contributed by atoms with Crippen molar-refractivity contribution in [3.8, 4) is 5.75 Å². The van der Waals surface area contributed by atoms with Crippen molar-refractivity contribution in [1.29, 1.82) is 0 Å². The van der Waals surface area contributed by atoms with Crippen molar-refractivity contribution >= 4 is 28.3 Å². The molecule has 0 aliphatic carbocycles. The minimum Gasteiger partial charge on any atom is -0.494 e. The molecule has 2 aromatic heterocycles. The van der Waals surface area contributed by atoms with Gasteiger partial charge >= 0.3 is 0 Å². The number of hydrogen-bond donors (Lipinski definition) is 1. The van der Waals surface area contributed by atoms with Crippen LogP contribution >= 0.6 is 11.3 Å². The number of nitrogens with one attached hydrogen (secondary N) is 1. The van der Waals surface area contributed by atoms with Gasteiger partial charge in [-0.25, -0.2) is 4.98 Å². The molecule has 0 bridgehead atoms. The second-order valence-corrected chi connectivity index (χ2v) is 8.25. The van der Waals surface area contributed by atoms with Crippen LogP contribution in [0.2, 0.25) is 0 Å². The van der Waals surface area contributed by atoms with Gasteiger partial charge in [-0.05, 0) is 56.0 Å². The van der Waals surface area contributed by atoms with E-state index in [1.54, 1.807) is 0 Å². The number of benzene rings is 2. The van der Waals surface area contributed by atoms with Crippen molar-refractivity contribution in [1.82, 2.24) is 14.9 Å². The van der Waals surface area contributed by atoms with E-state index < -0.39 is 0 Å². The highest BCUT2D eigenvalue weighted by Crippen LogP contribution is 2.22. The van der Waals surface area contributed by atoms with Gasteiger partial charge in [0.15, 0.2) is 0 Å². The molecular weight excluding hydrogens is 394 g/mol. The summed E-state index contributed by atoms with van der Waals surface area (Å²) in [7, 11) is 0. The molecule has 1 N–H and O–H groups in total. The zero-order valence-corrected chi connectivity index (χ0v) is 18.0. The number of amides is 1. The average Bonchev–Trinajstić information content (AvgIpc) is 3.41. The van der Waals surface area contributed by atoms with Gasteiger partial charge < -0.3 is 14.6 Å². The van der Waals surface area contributed by atoms with Gasteiger partial charge in [-0.1, -0.05) is 35.9 Å². The molecule has 5 nitrogen and oxygen atoms in total. The van der Waals surface area contributed by atoms with Crippen LogP contribution in [-0.2, 0) is 6.54 Å². The lowest BCUT2D eigenvalue weighted by Crippen LogP contribution is -2.28. The number of ether oxygens (including phenoxy) is 1. The number of carbonyl (C=O) groups is 1. The third-order valence-electron chi connectivity index (χ3n) is 4.98. The summed E-state index contributed by atoms with van der Waals surface area (Å²) in [5, 5.41) is 4.98. The van der Waals surface area contributed by atoms with Crippen LogP contribution in [0.25, 0.3) is 11.0 Å². The van der Waals surface area contributed by atoms with Crippen LogP contribution in [0.3, 0.4) is 0 Å². The van der Waals surface area contributed by atoms with Crippen molar-refractivity contribution in [2.24, 2.45) is 0 Å². The van der Waals surface area contributed by atoms with Gasteiger partial charge in [0.2, 0.25) is 0 Å². The number of imidazole rings is 1. The maximum atomic E-state index is 12.5.